The van der Waals surface area contributed by atoms with Crippen molar-refractivity contribution >= 4 is 23.8 Å². The average Bonchev–Trinajstić information content (AvgIpc) is 2.52. The first-order chi connectivity index (χ1) is 11.5. The molecule has 0 aliphatic rings. The van der Waals surface area contributed by atoms with Crippen molar-refractivity contribution in [2.45, 2.75) is 58.3 Å². The van der Waals surface area contributed by atoms with Gasteiger partial charge in [-0.3, -0.25) is 9.59 Å². The Balaban J connectivity index is 5.76. The molecule has 0 aliphatic heterocycles. The van der Waals surface area contributed by atoms with Gasteiger partial charge in [-0.25, -0.2) is 9.59 Å². The number of carboxylic acids is 2. The van der Waals surface area contributed by atoms with Gasteiger partial charge >= 0.3 is 11.9 Å². The predicted molar refractivity (Wildman–Crippen MR) is 89.1 cm³/mol. The van der Waals surface area contributed by atoms with E-state index in [1.807, 2.05) is 11.8 Å². The van der Waals surface area contributed by atoms with E-state index in [0.717, 1.165) is 9.80 Å². The summed E-state index contributed by atoms with van der Waals surface area (Å²) < 4.78 is 0. The highest BCUT2D eigenvalue weighted by Gasteiger charge is 2.36. The monoisotopic (exact) mass is 350 g/mol. The summed E-state index contributed by atoms with van der Waals surface area (Å²) in [5, 5.41) is 18.6. The van der Waals surface area contributed by atoms with E-state index in [2.05, 4.69) is 0 Å². The molecule has 0 saturated carbocycles. The van der Waals surface area contributed by atoms with Gasteiger partial charge in [0.15, 0.2) is 0 Å². The van der Waals surface area contributed by atoms with Gasteiger partial charge in [-0.2, -0.15) is 0 Å². The van der Waals surface area contributed by atoms with Crippen LogP contribution in [0.4, 0.5) is 0 Å². The van der Waals surface area contributed by atoms with Crippen molar-refractivity contribution in [3.05, 3.63) is 0 Å². The summed E-state index contributed by atoms with van der Waals surface area (Å²) in [4.78, 5) is 48.6. The Kier molecular flexibility index (Phi) is 8.21. The van der Waals surface area contributed by atoms with Gasteiger partial charge in [0, 0.05) is 12.1 Å². The van der Waals surface area contributed by atoms with Crippen LogP contribution < -0.4 is 0 Å². The van der Waals surface area contributed by atoms with Crippen molar-refractivity contribution in [1.82, 2.24) is 9.80 Å². The number of carbonyl (C=O) groups is 4. The van der Waals surface area contributed by atoms with E-state index >= 15 is 0 Å². The minimum Gasteiger partial charge on any atom is -0.480 e. The number of hydrogen-bond acceptors (Lipinski definition) is 4. The van der Waals surface area contributed by atoms with Gasteiger partial charge in [0.05, 0.1) is 0 Å². The van der Waals surface area contributed by atoms with E-state index in [9.17, 15) is 24.3 Å². The molecule has 0 fully saturated rings. The van der Waals surface area contributed by atoms with Crippen molar-refractivity contribution in [1.29, 1.82) is 0 Å². The van der Waals surface area contributed by atoms with Crippen LogP contribution in [-0.2, 0) is 19.2 Å². The number of carbonyl (C=O) groups excluding carboxylic acids is 2. The molecule has 0 heterocycles. The van der Waals surface area contributed by atoms with E-state index in [4.69, 9.17) is 18.0 Å². The van der Waals surface area contributed by atoms with Gasteiger partial charge in [0.2, 0.25) is 0 Å². The Morgan fingerprint density at radius 1 is 0.880 bits per heavy atom. The van der Waals surface area contributed by atoms with E-state index in [1.165, 1.54) is 13.8 Å². The van der Waals surface area contributed by atoms with Gasteiger partial charge in [-0.1, -0.05) is 0 Å². The normalized spacial score (nSPS) is 13.7. The van der Waals surface area contributed by atoms with E-state index in [0.29, 0.717) is 0 Å². The van der Waals surface area contributed by atoms with Crippen molar-refractivity contribution < 1.29 is 29.4 Å². The molecule has 0 rings (SSSR count). The van der Waals surface area contributed by atoms with Crippen LogP contribution in [0, 0.1) is 24.7 Å². The maximum absolute atomic E-state index is 11.9. The number of nitrogens with zero attached hydrogens (tertiary/aromatic N) is 2. The summed E-state index contributed by atoms with van der Waals surface area (Å²) in [5.74, 6) is -0.592. The fourth-order valence-corrected chi connectivity index (χ4v) is 2.53. The summed E-state index contributed by atoms with van der Waals surface area (Å²) in [6.45, 7) is 5.92. The van der Waals surface area contributed by atoms with Crippen molar-refractivity contribution in [3.8, 4) is 24.7 Å². The smallest absolute Gasteiger partial charge is 0.326 e. The highest BCUT2D eigenvalue weighted by Crippen LogP contribution is 2.18. The summed E-state index contributed by atoms with van der Waals surface area (Å²) >= 11 is 0. The highest BCUT2D eigenvalue weighted by molar-refractivity contribution is 5.96. The number of carboxylic acid groups (broad SMARTS) is 2. The predicted octanol–water partition coefficient (Wildman–Crippen LogP) is 0.0233. The first kappa shape index (κ1) is 22.0. The third-order valence-electron chi connectivity index (χ3n) is 3.71. The van der Waals surface area contributed by atoms with Crippen LogP contribution in [0.3, 0.4) is 0 Å². The number of aliphatic carboxylic acids is 2. The molecular weight excluding hydrogens is 328 g/mol. The third kappa shape index (κ3) is 5.54. The Morgan fingerprint density at radius 2 is 1.32 bits per heavy atom. The molecule has 0 saturated heterocycles. The van der Waals surface area contributed by atoms with Gasteiger partial charge in [0.25, 0.3) is 11.8 Å². The second kappa shape index (κ2) is 9.33. The lowest BCUT2D eigenvalue weighted by Crippen LogP contribution is -2.54. The molecule has 8 nitrogen and oxygen atoms in total. The molecule has 136 valence electrons. The van der Waals surface area contributed by atoms with Crippen molar-refractivity contribution in [2.24, 2.45) is 0 Å². The quantitative estimate of drug-likeness (QED) is 0.597. The molecular formula is C17H22N2O6. The van der Waals surface area contributed by atoms with E-state index in [-0.39, 0.29) is 6.42 Å². The van der Waals surface area contributed by atoms with Crippen LogP contribution in [0.1, 0.15) is 34.1 Å². The lowest BCUT2D eigenvalue weighted by molar-refractivity contribution is -0.153. The fraction of sp³-hybridized carbons (Fsp3) is 0.529. The van der Waals surface area contributed by atoms with E-state index in [1.54, 1.807) is 13.8 Å². The zero-order valence-electron chi connectivity index (χ0n) is 14.6. The molecule has 0 aromatic rings. The molecule has 0 bridgehead atoms. The number of rotatable bonds is 8. The largest absolute Gasteiger partial charge is 0.480 e. The van der Waals surface area contributed by atoms with Crippen LogP contribution in [0.5, 0.6) is 0 Å². The standard InChI is InChI=1S/C17H22N2O6/c1-7-14(20)18(10(3)4)13(17(24)25)9-11(5)19(15(21)8-2)12(6)16(22)23/h1-2,10-13H,9H2,3-6H3,(H,22,23)(H,24,25)/t11?,12-,13-/m1/s1. The molecule has 2 N–H and O–H groups in total. The first-order valence-corrected chi connectivity index (χ1v) is 7.52. The second-order valence-electron chi connectivity index (χ2n) is 5.76. The lowest BCUT2D eigenvalue weighted by atomic mass is 10.0. The van der Waals surface area contributed by atoms with Crippen LogP contribution in [0.25, 0.3) is 0 Å². The molecule has 0 aliphatic carbocycles. The Bertz CT molecular complexity index is 628. The minimum absolute atomic E-state index is 0.230. The van der Waals surface area contributed by atoms with Gasteiger partial charge in [-0.15, -0.1) is 12.8 Å². The lowest BCUT2D eigenvalue weighted by Gasteiger charge is -2.36. The molecule has 0 radical (unpaired) electrons. The molecule has 25 heavy (non-hydrogen) atoms. The Labute approximate surface area is 146 Å². The van der Waals surface area contributed by atoms with Gasteiger partial charge in [-0.05, 0) is 46.0 Å². The molecule has 8 heteroatoms. The summed E-state index contributed by atoms with van der Waals surface area (Å²) in [6, 6.07) is -3.97. The maximum atomic E-state index is 11.9. The fourth-order valence-electron chi connectivity index (χ4n) is 2.53. The maximum Gasteiger partial charge on any atom is 0.326 e. The van der Waals surface area contributed by atoms with Crippen molar-refractivity contribution in [3.63, 3.8) is 0 Å². The summed E-state index contributed by atoms with van der Waals surface area (Å²) in [5.41, 5.74) is 0. The van der Waals surface area contributed by atoms with Crippen LogP contribution in [-0.4, -0.2) is 67.9 Å². The number of terminal acetylenes is 2. The SMILES string of the molecule is C#CC(=O)N(C(C)C[C@H](C(=O)O)N(C(=O)C#C)C(C)C)[C@H](C)C(=O)O. The molecule has 3 atom stereocenters. The topological polar surface area (TPSA) is 115 Å². The Morgan fingerprint density at radius 3 is 1.64 bits per heavy atom. The number of hydrogen-bond donors (Lipinski definition) is 2. The third-order valence-corrected chi connectivity index (χ3v) is 3.71. The van der Waals surface area contributed by atoms with Crippen LogP contribution in [0.2, 0.25) is 0 Å². The molecule has 0 aromatic carbocycles. The molecule has 0 aromatic heterocycles. The minimum atomic E-state index is -1.34. The molecule has 0 spiro atoms. The summed E-state index contributed by atoms with van der Waals surface area (Å²) in [7, 11) is 0. The van der Waals surface area contributed by atoms with Crippen LogP contribution >= 0.6 is 0 Å². The molecule has 2 amide bonds. The second-order valence-corrected chi connectivity index (χ2v) is 5.76. The zero-order valence-corrected chi connectivity index (χ0v) is 14.6. The number of amides is 2. The van der Waals surface area contributed by atoms with Crippen molar-refractivity contribution in [2.75, 3.05) is 0 Å². The van der Waals surface area contributed by atoms with Crippen LogP contribution in [0.15, 0.2) is 0 Å². The average molecular weight is 350 g/mol. The van der Waals surface area contributed by atoms with E-state index < -0.39 is 47.9 Å². The summed E-state index contributed by atoms with van der Waals surface area (Å²) in [6.07, 6.45) is 9.94. The highest BCUT2D eigenvalue weighted by atomic mass is 16.4. The molecule has 1 unspecified atom stereocenters. The zero-order chi connectivity index (χ0) is 19.9. The Hall–Kier alpha value is -3.00. The van der Waals surface area contributed by atoms with Gasteiger partial charge in [0.1, 0.15) is 12.1 Å². The first-order valence-electron chi connectivity index (χ1n) is 7.52. The van der Waals surface area contributed by atoms with Gasteiger partial charge < -0.3 is 20.0 Å².